The summed E-state index contributed by atoms with van der Waals surface area (Å²) in [7, 11) is -4.41. The highest BCUT2D eigenvalue weighted by atomic mass is 31.2. The Morgan fingerprint density at radius 2 is 2.03 bits per heavy atom. The number of aromatic nitrogens is 4. The van der Waals surface area contributed by atoms with Gasteiger partial charge in [0.15, 0.2) is 11.5 Å². The topological polar surface area (TPSA) is 158 Å². The van der Waals surface area contributed by atoms with Gasteiger partial charge < -0.3 is 15.2 Å². The maximum atomic E-state index is 12.9. The van der Waals surface area contributed by atoms with Gasteiger partial charge in [0.2, 0.25) is 0 Å². The highest BCUT2D eigenvalue weighted by Crippen LogP contribution is 2.40. The molecular weight excluding hydrogens is 497 g/mol. The molecule has 0 bridgehead atoms. The van der Waals surface area contributed by atoms with E-state index in [0.29, 0.717) is 41.6 Å². The Balaban J connectivity index is 1.16. The summed E-state index contributed by atoms with van der Waals surface area (Å²) in [6.45, 7) is 2.06. The van der Waals surface area contributed by atoms with Crippen LogP contribution in [-0.4, -0.2) is 49.6 Å². The summed E-state index contributed by atoms with van der Waals surface area (Å²) in [6.07, 6.45) is 9.71. The van der Waals surface area contributed by atoms with Crippen molar-refractivity contribution in [1.29, 1.82) is 0 Å². The summed E-state index contributed by atoms with van der Waals surface area (Å²) in [6, 6.07) is 8.25. The number of fused-ring (bicyclic) bond motifs is 1. The van der Waals surface area contributed by atoms with Gasteiger partial charge in [-0.2, -0.15) is 0 Å². The second-order valence-corrected chi connectivity index (χ2v) is 10.9. The van der Waals surface area contributed by atoms with E-state index in [0.717, 1.165) is 12.8 Å². The summed E-state index contributed by atoms with van der Waals surface area (Å²) >= 11 is 0. The van der Waals surface area contributed by atoms with Crippen molar-refractivity contribution in [3.8, 4) is 0 Å². The number of amides is 1. The maximum absolute atomic E-state index is 12.9. The Kier molecular flexibility index (Phi) is 7.25. The van der Waals surface area contributed by atoms with Gasteiger partial charge in [0, 0.05) is 5.92 Å². The third-order valence-electron chi connectivity index (χ3n) is 6.50. The number of hydrogen-bond donors (Lipinski definition) is 3. The van der Waals surface area contributed by atoms with Gasteiger partial charge in [-0.3, -0.25) is 19.2 Å². The number of rotatable bonds is 11. The van der Waals surface area contributed by atoms with Crippen molar-refractivity contribution >= 4 is 36.3 Å². The first-order valence-electron chi connectivity index (χ1n) is 12.2. The van der Waals surface area contributed by atoms with Gasteiger partial charge >= 0.3 is 7.75 Å². The predicted octanol–water partition coefficient (Wildman–Crippen LogP) is 3.00. The Morgan fingerprint density at radius 3 is 2.78 bits per heavy atom. The lowest BCUT2D eigenvalue weighted by Crippen LogP contribution is -2.45. The smallest absolute Gasteiger partial charge is 0.382 e. The summed E-state index contributed by atoms with van der Waals surface area (Å²) in [5.74, 6) is -0.0330. The molecule has 2 aliphatic rings. The second kappa shape index (κ2) is 10.6. The van der Waals surface area contributed by atoms with Gasteiger partial charge in [-0.15, -0.1) is 0 Å². The lowest BCUT2D eigenvalue weighted by Gasteiger charge is -2.29. The molecule has 196 valence electrons. The molecule has 4 atom stereocenters. The van der Waals surface area contributed by atoms with E-state index in [1.165, 1.54) is 11.4 Å². The Bertz CT molecular complexity index is 1330. The summed E-state index contributed by atoms with van der Waals surface area (Å²) < 4.78 is 19.9. The Labute approximate surface area is 214 Å². The van der Waals surface area contributed by atoms with E-state index in [1.807, 2.05) is 47.1 Å². The van der Waals surface area contributed by atoms with Crippen molar-refractivity contribution in [2.75, 3.05) is 24.0 Å². The van der Waals surface area contributed by atoms with Gasteiger partial charge in [-0.25, -0.2) is 24.6 Å². The predicted molar refractivity (Wildman–Crippen MR) is 137 cm³/mol. The zero-order chi connectivity index (χ0) is 26.0. The van der Waals surface area contributed by atoms with E-state index >= 15 is 0 Å². The number of nitrogen functional groups attached to an aromatic ring is 1. The normalized spacial score (nSPS) is 21.6. The SMILES string of the molecule is C[C@@H](C(=O)NP(=O)(O)OC[C@H]1C=C[C@@H](n2cnc3c(N)ncnc32)C1)N(OCC1CC1)c1ccccc1. The van der Waals surface area contributed by atoms with Crippen molar-refractivity contribution in [3.63, 3.8) is 0 Å². The van der Waals surface area contributed by atoms with Gasteiger partial charge in [0.25, 0.3) is 5.91 Å². The monoisotopic (exact) mass is 527 g/mol. The van der Waals surface area contributed by atoms with Crippen LogP contribution >= 0.6 is 7.75 Å². The third kappa shape index (κ3) is 5.99. The minimum absolute atomic E-state index is 0.0419. The van der Waals surface area contributed by atoms with Crippen molar-refractivity contribution in [2.24, 2.45) is 11.8 Å². The lowest BCUT2D eigenvalue weighted by atomic mass is 10.1. The Hall–Kier alpha value is -3.31. The van der Waals surface area contributed by atoms with Gasteiger partial charge in [-0.1, -0.05) is 30.4 Å². The number of imidazole rings is 1. The minimum Gasteiger partial charge on any atom is -0.382 e. The minimum atomic E-state index is -4.41. The van der Waals surface area contributed by atoms with Crippen LogP contribution in [-0.2, 0) is 18.7 Å². The number of carbonyl (C=O) groups is 1. The van der Waals surface area contributed by atoms with E-state index in [-0.39, 0.29) is 18.6 Å². The standard InChI is InChI=1S/C24H30N7O5P/c1-16(31(35-12-17-7-8-17)19-5-3-2-4-6-19)24(32)29-37(33,34)36-13-18-9-10-20(11-18)30-15-28-21-22(25)26-14-27-23(21)30/h2-6,9-10,14-18,20H,7-8,11-13H2,1H3,(H2,25,26,27)(H2,29,32,33,34)/t16-,18-,20+/m0/s1. The molecule has 1 aromatic carbocycles. The fourth-order valence-corrected chi connectivity index (χ4v) is 5.14. The number of hydrogen-bond acceptors (Lipinski definition) is 9. The van der Waals surface area contributed by atoms with Crippen LogP contribution in [0.5, 0.6) is 0 Å². The van der Waals surface area contributed by atoms with Crippen molar-refractivity contribution in [3.05, 3.63) is 55.1 Å². The molecule has 1 unspecified atom stereocenters. The van der Waals surface area contributed by atoms with Crippen LogP contribution in [0.2, 0.25) is 0 Å². The number of nitrogens with one attached hydrogen (secondary N) is 1. The zero-order valence-corrected chi connectivity index (χ0v) is 21.3. The molecule has 2 aromatic heterocycles. The summed E-state index contributed by atoms with van der Waals surface area (Å²) in [4.78, 5) is 41.7. The molecule has 1 amide bonds. The van der Waals surface area contributed by atoms with E-state index in [9.17, 15) is 14.3 Å². The number of carbonyl (C=O) groups excluding carboxylic acids is 1. The van der Waals surface area contributed by atoms with E-state index in [4.69, 9.17) is 15.1 Å². The quantitative estimate of drug-likeness (QED) is 0.192. The molecule has 0 radical (unpaired) electrons. The number of hydroxylamine groups is 1. The largest absolute Gasteiger partial charge is 0.432 e. The van der Waals surface area contributed by atoms with Crippen LogP contribution in [0.25, 0.3) is 11.2 Å². The average Bonchev–Trinajstić information content (AvgIpc) is 3.41. The van der Waals surface area contributed by atoms with Crippen molar-refractivity contribution < 1.29 is 23.6 Å². The highest BCUT2D eigenvalue weighted by molar-refractivity contribution is 7.51. The number of nitrogens with zero attached hydrogens (tertiary/aromatic N) is 5. The molecule has 2 aliphatic carbocycles. The molecular formula is C24H30N7O5P. The van der Waals surface area contributed by atoms with Gasteiger partial charge in [-0.05, 0) is 44.2 Å². The average molecular weight is 528 g/mol. The highest BCUT2D eigenvalue weighted by Gasteiger charge is 2.33. The molecule has 3 aromatic rings. The Morgan fingerprint density at radius 1 is 1.24 bits per heavy atom. The molecule has 0 saturated heterocycles. The molecule has 2 heterocycles. The molecule has 12 nitrogen and oxygen atoms in total. The molecule has 1 saturated carbocycles. The van der Waals surface area contributed by atoms with Crippen molar-refractivity contribution in [1.82, 2.24) is 24.6 Å². The molecule has 4 N–H and O–H groups in total. The first-order chi connectivity index (χ1) is 17.8. The maximum Gasteiger partial charge on any atom is 0.432 e. The lowest BCUT2D eigenvalue weighted by molar-refractivity contribution is -0.122. The molecule has 1 fully saturated rings. The molecule has 0 aliphatic heterocycles. The number of benzene rings is 1. The molecule has 13 heteroatoms. The summed E-state index contributed by atoms with van der Waals surface area (Å²) in [5.41, 5.74) is 7.69. The van der Waals surface area contributed by atoms with Crippen molar-refractivity contribution in [2.45, 2.75) is 38.3 Å². The second-order valence-electron chi connectivity index (χ2n) is 9.40. The molecule has 0 spiro atoms. The third-order valence-corrected chi connectivity index (χ3v) is 7.50. The van der Waals surface area contributed by atoms with Crippen LogP contribution in [0.15, 0.2) is 55.1 Å². The number of nitrogens with two attached hydrogens (primary N) is 1. The fourth-order valence-electron chi connectivity index (χ4n) is 4.22. The van der Waals surface area contributed by atoms with Crippen LogP contribution < -0.4 is 15.9 Å². The van der Waals surface area contributed by atoms with Crippen LogP contribution in [0, 0.1) is 11.8 Å². The van der Waals surface area contributed by atoms with E-state index in [2.05, 4.69) is 20.0 Å². The van der Waals surface area contributed by atoms with E-state index in [1.54, 1.807) is 13.3 Å². The van der Waals surface area contributed by atoms with E-state index < -0.39 is 19.7 Å². The fraction of sp³-hybridized carbons (Fsp3) is 0.417. The van der Waals surface area contributed by atoms with Gasteiger partial charge in [0.05, 0.1) is 31.3 Å². The van der Waals surface area contributed by atoms with Gasteiger partial charge in [0.1, 0.15) is 17.9 Å². The number of anilines is 2. The van der Waals surface area contributed by atoms with Crippen LogP contribution in [0.3, 0.4) is 0 Å². The van der Waals surface area contributed by atoms with Crippen LogP contribution in [0.4, 0.5) is 11.5 Å². The molecule has 5 rings (SSSR count). The first-order valence-corrected chi connectivity index (χ1v) is 13.8. The molecule has 37 heavy (non-hydrogen) atoms. The van der Waals surface area contributed by atoms with Crippen LogP contribution in [0.1, 0.15) is 32.2 Å². The number of para-hydroxylation sites is 1. The first kappa shape index (κ1) is 25.3. The summed E-state index contributed by atoms with van der Waals surface area (Å²) in [5, 5.41) is 3.64. The zero-order valence-electron chi connectivity index (χ0n) is 20.4. The number of allylic oxidation sites excluding steroid dienone is 1.